The van der Waals surface area contributed by atoms with E-state index in [4.69, 9.17) is 9.47 Å². The molecule has 0 bridgehead atoms. The number of nitrogens with zero attached hydrogens (tertiary/aromatic N) is 8. The molecule has 0 unspecified atom stereocenters. The molecule has 5 heterocycles. The van der Waals surface area contributed by atoms with E-state index in [1.54, 1.807) is 27.7 Å². The van der Waals surface area contributed by atoms with Crippen molar-refractivity contribution in [3.63, 3.8) is 0 Å². The molecule has 0 saturated carbocycles. The van der Waals surface area contributed by atoms with Gasteiger partial charge in [-0.05, 0) is 74.6 Å². The molecule has 5 rings (SSSR count). The standard InChI is InChI=1S/C52H72N12O16/c1-29(2)43-51(77)79-27-31(57-47(73)41-35(65)17-13-19-53-41)49(75)63-21-11-9-15-33(63)45(71)56-24-38(68)60(6)26-40(70)62(8)44(30(3)4)52(78)80-28-32(58-48(74)42-36(66)18-14-20-54-42)50(76)64-22-12-10-16-34(64)46(72)55-23-37(67)59(5)25-39(69)61(43)7/h13-14,17-20,29-34,43-44,65-66H,9-12,15-16,21-28H2,1-8H3,(H,55,72)(H,56,71)(H,57,73)(H,58,74)/t31-,32-,33+,34+,43+,44+/m1/s1. The van der Waals surface area contributed by atoms with Crippen LogP contribution in [0.5, 0.6) is 11.5 Å². The fourth-order valence-corrected chi connectivity index (χ4v) is 9.49. The lowest BCUT2D eigenvalue weighted by Crippen LogP contribution is -2.59. The molecule has 28 heteroatoms. The van der Waals surface area contributed by atoms with Crippen LogP contribution in [0.1, 0.15) is 87.2 Å². The minimum Gasteiger partial charge on any atom is -0.505 e. The lowest BCUT2D eigenvalue weighted by molar-refractivity contribution is -0.159. The molecule has 28 nitrogen and oxygen atoms in total. The second kappa shape index (κ2) is 28.4. The van der Waals surface area contributed by atoms with Crippen molar-refractivity contribution in [3.05, 3.63) is 48.0 Å². The molecule has 0 aliphatic carbocycles. The third kappa shape index (κ3) is 15.9. The first-order valence-electron chi connectivity index (χ1n) is 26.2. The summed E-state index contributed by atoms with van der Waals surface area (Å²) in [5.41, 5.74) is -0.942. The number of aromatic nitrogens is 2. The van der Waals surface area contributed by atoms with Crippen LogP contribution >= 0.6 is 0 Å². The number of nitrogens with one attached hydrogen (secondary N) is 4. The maximum Gasteiger partial charge on any atom is 0.329 e. The Bertz CT molecular complexity index is 2490. The number of fused-ring (bicyclic) bond motifs is 2. The number of carbonyl (C=O) groups is 12. The second-order valence-electron chi connectivity index (χ2n) is 20.5. The molecule has 3 saturated heterocycles. The van der Waals surface area contributed by atoms with Gasteiger partial charge in [0.1, 0.15) is 61.0 Å². The molecule has 0 radical (unpaired) electrons. The van der Waals surface area contributed by atoms with Crippen LogP contribution in [-0.2, 0) is 57.4 Å². The van der Waals surface area contributed by atoms with E-state index >= 15 is 0 Å². The largest absolute Gasteiger partial charge is 0.505 e. The van der Waals surface area contributed by atoms with Gasteiger partial charge in [0.2, 0.25) is 47.3 Å². The van der Waals surface area contributed by atoms with Crippen molar-refractivity contribution >= 4 is 71.0 Å². The first-order chi connectivity index (χ1) is 37.8. The number of hydrogen-bond donors (Lipinski definition) is 6. The van der Waals surface area contributed by atoms with Gasteiger partial charge < -0.3 is 70.4 Å². The molecule has 80 heavy (non-hydrogen) atoms. The fraction of sp³-hybridized carbons (Fsp3) is 0.577. The number of piperidine rings is 2. The Labute approximate surface area is 462 Å². The highest BCUT2D eigenvalue weighted by molar-refractivity contribution is 6.01. The van der Waals surface area contributed by atoms with Crippen molar-refractivity contribution in [1.82, 2.24) is 60.6 Å². The quantitative estimate of drug-likeness (QED) is 0.167. The smallest absolute Gasteiger partial charge is 0.329 e. The molecule has 2 aromatic rings. The van der Waals surface area contributed by atoms with E-state index in [-0.39, 0.29) is 25.9 Å². The number of likely N-dealkylation sites (N-methyl/N-ethyl adjacent to an activating group) is 4. The van der Waals surface area contributed by atoms with Crippen LogP contribution in [0.4, 0.5) is 0 Å². The molecule has 10 amide bonds. The molecule has 436 valence electrons. The number of rotatable bonds is 6. The normalized spacial score (nSPS) is 24.0. The summed E-state index contributed by atoms with van der Waals surface area (Å²) in [6.45, 7) is 2.23. The van der Waals surface area contributed by atoms with Crippen LogP contribution in [-0.4, -0.2) is 238 Å². The Morgan fingerprint density at radius 2 is 0.938 bits per heavy atom. The SMILES string of the molecule is CC(C)[C@H]1C(=O)OC[C@@H](NC(=O)c2ncccc2O)C(=O)N2CCCC[C@H]2C(=O)NCC(=O)N(C)CC(=O)N(C)[C@@H](C(C)C)C(=O)OC[C@@H](NC(=O)c2ncccc2O)C(=O)N2CCCC[C@H]2C(=O)NCC(=O)N(C)CC(=O)N1C. The average Bonchev–Trinajstić information content (AvgIpc) is 3.43. The molecule has 6 N–H and O–H groups in total. The second-order valence-corrected chi connectivity index (χ2v) is 20.5. The minimum absolute atomic E-state index is 0.0116. The lowest BCUT2D eigenvalue weighted by atomic mass is 10.00. The van der Waals surface area contributed by atoms with Gasteiger partial charge in [-0.15, -0.1) is 0 Å². The van der Waals surface area contributed by atoms with Gasteiger partial charge >= 0.3 is 11.9 Å². The van der Waals surface area contributed by atoms with Crippen LogP contribution in [0.2, 0.25) is 0 Å². The van der Waals surface area contributed by atoms with Crippen molar-refractivity contribution in [3.8, 4) is 11.5 Å². The Morgan fingerprint density at radius 1 is 0.575 bits per heavy atom. The van der Waals surface area contributed by atoms with Gasteiger partial charge in [0.15, 0.2) is 11.4 Å². The van der Waals surface area contributed by atoms with Crippen molar-refractivity contribution < 1.29 is 77.2 Å². The summed E-state index contributed by atoms with van der Waals surface area (Å²) >= 11 is 0. The summed E-state index contributed by atoms with van der Waals surface area (Å²) in [7, 11) is 5.13. The van der Waals surface area contributed by atoms with E-state index in [9.17, 15) is 67.7 Å². The predicted octanol–water partition coefficient (Wildman–Crippen LogP) is -2.24. The van der Waals surface area contributed by atoms with Crippen molar-refractivity contribution in [2.24, 2.45) is 11.8 Å². The van der Waals surface area contributed by atoms with Crippen LogP contribution in [0.3, 0.4) is 0 Å². The number of carbonyl (C=O) groups excluding carboxylic acids is 12. The fourth-order valence-electron chi connectivity index (χ4n) is 9.49. The van der Waals surface area contributed by atoms with Gasteiger partial charge in [-0.3, -0.25) is 47.9 Å². The molecule has 3 fully saturated rings. The summed E-state index contributed by atoms with van der Waals surface area (Å²) < 4.78 is 11.3. The van der Waals surface area contributed by atoms with Gasteiger partial charge in [0, 0.05) is 53.7 Å². The highest BCUT2D eigenvalue weighted by Crippen LogP contribution is 2.23. The zero-order chi connectivity index (χ0) is 59.1. The van der Waals surface area contributed by atoms with Gasteiger partial charge in [0.25, 0.3) is 11.8 Å². The number of pyridine rings is 2. The zero-order valence-electron chi connectivity index (χ0n) is 46.2. The maximum absolute atomic E-state index is 14.5. The topological polar surface area (TPSA) is 357 Å². The third-order valence-electron chi connectivity index (χ3n) is 14.0. The van der Waals surface area contributed by atoms with Crippen molar-refractivity contribution in [1.29, 1.82) is 0 Å². The summed E-state index contributed by atoms with van der Waals surface area (Å²) in [4.78, 5) is 181. The predicted molar refractivity (Wildman–Crippen MR) is 279 cm³/mol. The summed E-state index contributed by atoms with van der Waals surface area (Å²) in [5, 5.41) is 30.7. The molecule has 6 atom stereocenters. The summed E-state index contributed by atoms with van der Waals surface area (Å²) in [6.07, 6.45) is 4.42. The van der Waals surface area contributed by atoms with Gasteiger partial charge in [-0.1, -0.05) is 27.7 Å². The highest BCUT2D eigenvalue weighted by atomic mass is 16.5. The molecular formula is C52H72N12O16. The average molecular weight is 1120 g/mol. The van der Waals surface area contributed by atoms with Crippen LogP contribution < -0.4 is 21.3 Å². The van der Waals surface area contributed by atoms with Gasteiger partial charge in [-0.2, -0.15) is 0 Å². The Kier molecular flexibility index (Phi) is 22.2. The molecular weight excluding hydrogens is 1050 g/mol. The molecule has 0 aromatic carbocycles. The zero-order valence-corrected chi connectivity index (χ0v) is 46.2. The first-order valence-corrected chi connectivity index (χ1v) is 26.2. The third-order valence-corrected chi connectivity index (χ3v) is 14.0. The Morgan fingerprint density at radius 3 is 1.27 bits per heavy atom. The number of cyclic esters (lactones) is 2. The number of esters is 2. The van der Waals surface area contributed by atoms with Crippen molar-refractivity contribution in [2.45, 2.75) is 102 Å². The lowest BCUT2D eigenvalue weighted by Gasteiger charge is -2.37. The number of hydrogen-bond acceptors (Lipinski definition) is 18. The van der Waals surface area contributed by atoms with E-state index in [0.717, 1.165) is 29.4 Å². The molecule has 2 aromatic heterocycles. The Hall–Kier alpha value is -8.46. The highest BCUT2D eigenvalue weighted by Gasteiger charge is 2.42. The van der Waals surface area contributed by atoms with Crippen LogP contribution in [0.15, 0.2) is 36.7 Å². The monoisotopic (exact) mass is 1120 g/mol. The summed E-state index contributed by atoms with van der Waals surface area (Å²) in [6, 6.07) is -3.37. The van der Waals surface area contributed by atoms with E-state index in [2.05, 4.69) is 31.2 Å². The molecule has 0 spiro atoms. The number of aromatic hydroxyl groups is 2. The maximum atomic E-state index is 14.5. The minimum atomic E-state index is -1.69. The first kappa shape index (κ1) is 62.4. The van der Waals surface area contributed by atoms with E-state index in [1.807, 2.05) is 0 Å². The van der Waals surface area contributed by atoms with Gasteiger partial charge in [0.05, 0.1) is 26.2 Å². The van der Waals surface area contributed by atoms with Crippen LogP contribution in [0.25, 0.3) is 0 Å². The van der Waals surface area contributed by atoms with Crippen LogP contribution in [0, 0.1) is 11.8 Å². The number of ether oxygens (including phenoxy) is 2. The molecule has 3 aliphatic heterocycles. The van der Waals surface area contributed by atoms with E-state index < -0.39 is 181 Å². The molecule has 3 aliphatic rings. The van der Waals surface area contributed by atoms with Crippen molar-refractivity contribution in [2.75, 3.05) is 80.7 Å². The van der Waals surface area contributed by atoms with E-state index in [1.165, 1.54) is 64.8 Å². The number of amides is 10. The van der Waals surface area contributed by atoms with Gasteiger partial charge in [-0.25, -0.2) is 19.6 Å². The van der Waals surface area contributed by atoms with E-state index in [0.29, 0.717) is 25.7 Å². The Balaban J connectivity index is 1.46. The summed E-state index contributed by atoms with van der Waals surface area (Å²) in [5.74, 6) is -12.7.